The highest BCUT2D eigenvalue weighted by Gasteiger charge is 2.13. The van der Waals surface area contributed by atoms with Crippen LogP contribution in [0.3, 0.4) is 0 Å². The van der Waals surface area contributed by atoms with Crippen LogP contribution in [0.25, 0.3) is 16.6 Å². The number of carbonyl (C=O) groups is 2. The van der Waals surface area contributed by atoms with E-state index >= 15 is 0 Å². The molecular weight excluding hydrogens is 477 g/mol. The van der Waals surface area contributed by atoms with Gasteiger partial charge in [0.1, 0.15) is 6.07 Å². The maximum atomic E-state index is 12.5. The topological polar surface area (TPSA) is 104 Å². The van der Waals surface area contributed by atoms with Crippen LogP contribution in [-0.4, -0.2) is 21.6 Å². The minimum atomic E-state index is -0.963. The van der Waals surface area contributed by atoms with E-state index in [1.807, 2.05) is 10.6 Å². The Bertz CT molecular complexity index is 1460. The molecule has 0 unspecified atom stereocenters. The van der Waals surface area contributed by atoms with E-state index < -0.39 is 11.9 Å². The Labute approximate surface area is 204 Å². The first-order valence-electron chi connectivity index (χ1n) is 10.1. The maximum Gasteiger partial charge on any atom is 0.307 e. The van der Waals surface area contributed by atoms with Crippen LogP contribution in [0.15, 0.2) is 66.9 Å². The highest BCUT2D eigenvalue weighted by molar-refractivity contribution is 6.42. The molecule has 0 aliphatic heterocycles. The molecule has 0 spiro atoms. The van der Waals surface area contributed by atoms with Crippen molar-refractivity contribution in [1.82, 2.24) is 10.0 Å². The van der Waals surface area contributed by atoms with Crippen LogP contribution in [-0.2, 0) is 22.7 Å². The molecule has 7 nitrogen and oxygen atoms in total. The van der Waals surface area contributed by atoms with Gasteiger partial charge in [-0.25, -0.2) is 5.48 Å². The van der Waals surface area contributed by atoms with Gasteiger partial charge in [-0.3, -0.25) is 14.4 Å². The lowest BCUT2D eigenvalue weighted by atomic mass is 10.1. The molecular formula is C25H17Cl2N3O4. The first kappa shape index (κ1) is 23.3. The molecule has 0 radical (unpaired) electrons. The summed E-state index contributed by atoms with van der Waals surface area (Å²) in [7, 11) is 0. The number of carboxylic acid groups (broad SMARTS) is 1. The third kappa shape index (κ3) is 5.05. The summed E-state index contributed by atoms with van der Waals surface area (Å²) in [5.74, 6) is -1.37. The van der Waals surface area contributed by atoms with E-state index in [1.54, 1.807) is 60.8 Å². The lowest BCUT2D eigenvalue weighted by Crippen LogP contribution is -2.23. The van der Waals surface area contributed by atoms with E-state index in [1.165, 1.54) is 0 Å². The summed E-state index contributed by atoms with van der Waals surface area (Å²) in [6.45, 7) is 0.121. The number of nitrogens with zero attached hydrogens (tertiary/aromatic N) is 2. The lowest BCUT2D eigenvalue weighted by molar-refractivity contribution is -0.136. The molecule has 0 saturated heterocycles. The number of benzene rings is 3. The van der Waals surface area contributed by atoms with Gasteiger partial charge in [-0.15, -0.1) is 0 Å². The van der Waals surface area contributed by atoms with Crippen molar-refractivity contribution in [2.45, 2.75) is 13.0 Å². The number of fused-ring (bicyclic) bond motifs is 1. The number of hydroxylamine groups is 1. The van der Waals surface area contributed by atoms with Crippen LogP contribution in [0.4, 0.5) is 0 Å². The summed E-state index contributed by atoms with van der Waals surface area (Å²) in [5.41, 5.74) is 5.87. The third-order valence-corrected chi connectivity index (χ3v) is 5.88. The van der Waals surface area contributed by atoms with Crippen LogP contribution >= 0.6 is 23.2 Å². The number of aliphatic carboxylic acids is 1. The zero-order valence-electron chi connectivity index (χ0n) is 17.6. The van der Waals surface area contributed by atoms with Crippen molar-refractivity contribution in [3.8, 4) is 11.8 Å². The number of halogens is 2. The fourth-order valence-corrected chi connectivity index (χ4v) is 3.86. The van der Waals surface area contributed by atoms with Gasteiger partial charge in [-0.05, 0) is 59.7 Å². The number of carbonyl (C=O) groups excluding carboxylic acids is 1. The van der Waals surface area contributed by atoms with Crippen LogP contribution in [0.5, 0.6) is 0 Å². The summed E-state index contributed by atoms with van der Waals surface area (Å²) < 4.78 is 1.82. The average Bonchev–Trinajstić information content (AvgIpc) is 3.24. The van der Waals surface area contributed by atoms with Crippen molar-refractivity contribution in [1.29, 1.82) is 5.26 Å². The molecule has 0 aliphatic rings. The number of aromatic nitrogens is 1. The first-order chi connectivity index (χ1) is 16.4. The van der Waals surface area contributed by atoms with Gasteiger partial charge in [0, 0.05) is 17.1 Å². The molecule has 34 heavy (non-hydrogen) atoms. The Kier molecular flexibility index (Phi) is 6.85. The van der Waals surface area contributed by atoms with Gasteiger partial charge in [-0.1, -0.05) is 35.3 Å². The van der Waals surface area contributed by atoms with Crippen LogP contribution in [0.1, 0.15) is 27.0 Å². The second-order valence-electron chi connectivity index (χ2n) is 7.46. The number of hydrogen-bond acceptors (Lipinski definition) is 4. The summed E-state index contributed by atoms with van der Waals surface area (Å²) in [5, 5.41) is 20.2. The standard InChI is InChI=1S/C25H17Cl2N3O4/c26-20-4-1-16(10-21(20)27)14-34-29-25(33)18-3-6-22-17(12-18)7-8-30(22)23-5-2-15(11-24(31)32)9-19(23)13-28/h1-10,12H,11,14H2,(H,29,33)(H,31,32). The molecule has 4 aromatic rings. The van der Waals surface area contributed by atoms with Gasteiger partial charge in [0.05, 0.1) is 39.8 Å². The number of nitriles is 1. The van der Waals surface area contributed by atoms with Gasteiger partial charge in [0.15, 0.2) is 0 Å². The number of hydrogen-bond donors (Lipinski definition) is 2. The van der Waals surface area contributed by atoms with Crippen LogP contribution < -0.4 is 5.48 Å². The normalized spacial score (nSPS) is 10.7. The molecule has 3 aromatic carbocycles. The summed E-state index contributed by atoms with van der Waals surface area (Å²) in [6, 6.07) is 19.1. The Morgan fingerprint density at radius 2 is 1.79 bits per heavy atom. The fourth-order valence-electron chi connectivity index (χ4n) is 3.53. The monoisotopic (exact) mass is 493 g/mol. The predicted molar refractivity (Wildman–Crippen MR) is 128 cm³/mol. The maximum absolute atomic E-state index is 12.5. The number of amides is 1. The second kappa shape index (κ2) is 9.98. The van der Waals surface area contributed by atoms with E-state index in [0.717, 1.165) is 16.5 Å². The summed E-state index contributed by atoms with van der Waals surface area (Å²) in [4.78, 5) is 28.8. The van der Waals surface area contributed by atoms with Crippen molar-refractivity contribution in [2.75, 3.05) is 0 Å². The first-order valence-corrected chi connectivity index (χ1v) is 10.8. The van der Waals surface area contributed by atoms with E-state index in [2.05, 4.69) is 11.5 Å². The highest BCUT2D eigenvalue weighted by Crippen LogP contribution is 2.25. The number of nitrogens with one attached hydrogen (secondary N) is 1. The van der Waals surface area contributed by atoms with Crippen molar-refractivity contribution >= 4 is 46.0 Å². The van der Waals surface area contributed by atoms with Gasteiger partial charge in [-0.2, -0.15) is 5.26 Å². The van der Waals surface area contributed by atoms with Crippen molar-refractivity contribution in [2.24, 2.45) is 0 Å². The van der Waals surface area contributed by atoms with E-state index in [0.29, 0.717) is 32.4 Å². The molecule has 0 bridgehead atoms. The molecule has 9 heteroatoms. The third-order valence-electron chi connectivity index (χ3n) is 5.14. The fraction of sp³-hybridized carbons (Fsp3) is 0.0800. The largest absolute Gasteiger partial charge is 0.481 e. The van der Waals surface area contributed by atoms with Gasteiger partial charge < -0.3 is 9.67 Å². The van der Waals surface area contributed by atoms with Crippen molar-refractivity contribution in [3.63, 3.8) is 0 Å². The SMILES string of the molecule is N#Cc1cc(CC(=O)O)ccc1-n1ccc2cc(C(=O)NOCc3ccc(Cl)c(Cl)c3)ccc21. The Hall–Kier alpha value is -3.83. The van der Waals surface area contributed by atoms with E-state index in [9.17, 15) is 14.9 Å². The van der Waals surface area contributed by atoms with Crippen molar-refractivity contribution in [3.05, 3.63) is 99.2 Å². The summed E-state index contributed by atoms with van der Waals surface area (Å²) in [6.07, 6.45) is 1.63. The van der Waals surface area contributed by atoms with E-state index in [-0.39, 0.29) is 13.0 Å². The zero-order valence-corrected chi connectivity index (χ0v) is 19.1. The minimum Gasteiger partial charge on any atom is -0.481 e. The predicted octanol–water partition coefficient (Wildman–Crippen LogP) is 5.30. The molecule has 0 fully saturated rings. The van der Waals surface area contributed by atoms with Crippen LogP contribution in [0, 0.1) is 11.3 Å². The molecule has 1 amide bonds. The van der Waals surface area contributed by atoms with Gasteiger partial charge in [0.25, 0.3) is 5.91 Å². The molecule has 1 aromatic heterocycles. The minimum absolute atomic E-state index is 0.121. The van der Waals surface area contributed by atoms with Crippen LogP contribution in [0.2, 0.25) is 10.0 Å². The molecule has 0 saturated carbocycles. The molecule has 0 aliphatic carbocycles. The molecule has 0 atom stereocenters. The molecule has 2 N–H and O–H groups in total. The molecule has 1 heterocycles. The lowest BCUT2D eigenvalue weighted by Gasteiger charge is -2.10. The second-order valence-corrected chi connectivity index (χ2v) is 8.28. The molecule has 4 rings (SSSR count). The van der Waals surface area contributed by atoms with Gasteiger partial charge >= 0.3 is 5.97 Å². The Morgan fingerprint density at radius 3 is 2.53 bits per heavy atom. The van der Waals surface area contributed by atoms with E-state index in [4.69, 9.17) is 33.1 Å². The quantitative estimate of drug-likeness (QED) is 0.340. The Morgan fingerprint density at radius 1 is 1.00 bits per heavy atom. The highest BCUT2D eigenvalue weighted by atomic mass is 35.5. The smallest absolute Gasteiger partial charge is 0.307 e. The molecule has 170 valence electrons. The Balaban J connectivity index is 1.50. The average molecular weight is 494 g/mol. The van der Waals surface area contributed by atoms with Gasteiger partial charge in [0.2, 0.25) is 0 Å². The number of carboxylic acids is 1. The zero-order chi connectivity index (χ0) is 24.2. The summed E-state index contributed by atoms with van der Waals surface area (Å²) >= 11 is 11.9. The number of rotatable bonds is 7. The van der Waals surface area contributed by atoms with Crippen molar-refractivity contribution < 1.29 is 19.5 Å².